The summed E-state index contributed by atoms with van der Waals surface area (Å²) in [5.74, 6) is 0.871. The van der Waals surface area contributed by atoms with Crippen LogP contribution in [-0.4, -0.2) is 30.3 Å². The molecule has 2 fully saturated rings. The zero-order valence-corrected chi connectivity index (χ0v) is 9.17. The maximum Gasteiger partial charge on any atom is 0.137 e. The Hall–Kier alpha value is -0.370. The SMILES string of the molecule is CN(CC1CCCC1=O)C1CCCC1. The molecule has 1 atom stereocenters. The van der Waals surface area contributed by atoms with Gasteiger partial charge in [0, 0.05) is 24.9 Å². The number of carbonyl (C=O) groups is 1. The van der Waals surface area contributed by atoms with Gasteiger partial charge in [0.05, 0.1) is 0 Å². The molecule has 0 amide bonds. The standard InChI is InChI=1S/C12H21NO/c1-13(11-6-2-3-7-11)9-10-5-4-8-12(10)14/h10-11H,2-9H2,1H3. The van der Waals surface area contributed by atoms with Gasteiger partial charge < -0.3 is 4.90 Å². The average molecular weight is 195 g/mol. The van der Waals surface area contributed by atoms with Crippen LogP contribution in [0.25, 0.3) is 0 Å². The van der Waals surface area contributed by atoms with E-state index in [9.17, 15) is 4.79 Å². The van der Waals surface area contributed by atoms with Crippen molar-refractivity contribution < 1.29 is 4.79 Å². The van der Waals surface area contributed by atoms with Crippen molar-refractivity contribution in [1.29, 1.82) is 0 Å². The van der Waals surface area contributed by atoms with Crippen LogP contribution in [0.3, 0.4) is 0 Å². The first-order valence-electron chi connectivity index (χ1n) is 6.00. The molecule has 2 rings (SSSR count). The third-order valence-electron chi connectivity index (χ3n) is 3.89. The molecule has 0 aliphatic heterocycles. The van der Waals surface area contributed by atoms with Gasteiger partial charge in [-0.3, -0.25) is 4.79 Å². The number of ketones is 1. The second-order valence-electron chi connectivity index (χ2n) is 4.93. The van der Waals surface area contributed by atoms with Crippen LogP contribution in [0, 0.1) is 5.92 Å². The molecular weight excluding hydrogens is 174 g/mol. The molecule has 14 heavy (non-hydrogen) atoms. The van der Waals surface area contributed by atoms with Gasteiger partial charge in [-0.15, -0.1) is 0 Å². The number of nitrogens with zero attached hydrogens (tertiary/aromatic N) is 1. The van der Waals surface area contributed by atoms with E-state index in [1.54, 1.807) is 0 Å². The molecule has 0 heterocycles. The zero-order valence-electron chi connectivity index (χ0n) is 9.17. The number of hydrogen-bond donors (Lipinski definition) is 0. The van der Waals surface area contributed by atoms with E-state index in [4.69, 9.17) is 0 Å². The van der Waals surface area contributed by atoms with Gasteiger partial charge in [-0.25, -0.2) is 0 Å². The van der Waals surface area contributed by atoms with E-state index in [1.165, 1.54) is 25.7 Å². The largest absolute Gasteiger partial charge is 0.303 e. The van der Waals surface area contributed by atoms with Crippen LogP contribution >= 0.6 is 0 Å². The summed E-state index contributed by atoms with van der Waals surface area (Å²) < 4.78 is 0. The van der Waals surface area contributed by atoms with Crippen molar-refractivity contribution in [3.05, 3.63) is 0 Å². The Morgan fingerprint density at radius 2 is 1.93 bits per heavy atom. The molecule has 2 saturated carbocycles. The summed E-state index contributed by atoms with van der Waals surface area (Å²) in [6, 6.07) is 0.767. The van der Waals surface area contributed by atoms with Crippen molar-refractivity contribution in [3.63, 3.8) is 0 Å². The predicted octanol–water partition coefficient (Wildman–Crippen LogP) is 2.23. The van der Waals surface area contributed by atoms with Gasteiger partial charge in [0.1, 0.15) is 5.78 Å². The van der Waals surface area contributed by atoms with E-state index in [2.05, 4.69) is 11.9 Å². The summed E-state index contributed by atoms with van der Waals surface area (Å²) in [5, 5.41) is 0. The minimum atomic E-state index is 0.362. The molecule has 0 saturated heterocycles. The molecular formula is C12H21NO. The van der Waals surface area contributed by atoms with Crippen LogP contribution < -0.4 is 0 Å². The van der Waals surface area contributed by atoms with Gasteiger partial charge in [-0.05, 0) is 32.7 Å². The lowest BCUT2D eigenvalue weighted by atomic mass is 10.1. The van der Waals surface area contributed by atoms with E-state index in [1.807, 2.05) is 0 Å². The Labute approximate surface area is 86.7 Å². The summed E-state index contributed by atoms with van der Waals surface area (Å²) in [6.07, 6.45) is 8.55. The Morgan fingerprint density at radius 3 is 2.50 bits per heavy atom. The summed E-state index contributed by atoms with van der Waals surface area (Å²) in [4.78, 5) is 13.9. The molecule has 2 nitrogen and oxygen atoms in total. The summed E-state index contributed by atoms with van der Waals surface area (Å²) in [7, 11) is 2.20. The Bertz CT molecular complexity index is 208. The minimum absolute atomic E-state index is 0.362. The molecule has 80 valence electrons. The lowest BCUT2D eigenvalue weighted by Crippen LogP contribution is -2.34. The molecule has 0 N–H and O–H groups in total. The molecule has 0 aromatic heterocycles. The number of Topliss-reactive ketones (excluding diaryl/α,β-unsaturated/α-hetero) is 1. The molecule has 0 aromatic carbocycles. The smallest absolute Gasteiger partial charge is 0.137 e. The van der Waals surface area contributed by atoms with Gasteiger partial charge in [-0.2, -0.15) is 0 Å². The van der Waals surface area contributed by atoms with Crippen LogP contribution in [0.1, 0.15) is 44.9 Å². The van der Waals surface area contributed by atoms with Gasteiger partial charge in [-0.1, -0.05) is 12.8 Å². The molecule has 0 spiro atoms. The van der Waals surface area contributed by atoms with Crippen LogP contribution in [0.5, 0.6) is 0 Å². The highest BCUT2D eigenvalue weighted by atomic mass is 16.1. The third-order valence-corrected chi connectivity index (χ3v) is 3.89. The van der Waals surface area contributed by atoms with Crippen LogP contribution in [0.4, 0.5) is 0 Å². The number of rotatable bonds is 3. The van der Waals surface area contributed by atoms with E-state index < -0.39 is 0 Å². The maximum absolute atomic E-state index is 11.5. The van der Waals surface area contributed by atoms with Crippen molar-refractivity contribution in [2.24, 2.45) is 5.92 Å². The van der Waals surface area contributed by atoms with E-state index in [-0.39, 0.29) is 0 Å². The van der Waals surface area contributed by atoms with Crippen LogP contribution in [-0.2, 0) is 4.79 Å². The van der Waals surface area contributed by atoms with Gasteiger partial charge in [0.15, 0.2) is 0 Å². The van der Waals surface area contributed by atoms with Crippen molar-refractivity contribution in [3.8, 4) is 0 Å². The highest BCUT2D eigenvalue weighted by molar-refractivity contribution is 5.83. The Kier molecular flexibility index (Phi) is 3.22. The summed E-state index contributed by atoms with van der Waals surface area (Å²) >= 11 is 0. The van der Waals surface area contributed by atoms with Crippen molar-refractivity contribution >= 4 is 5.78 Å². The molecule has 0 aromatic rings. The minimum Gasteiger partial charge on any atom is -0.303 e. The van der Waals surface area contributed by atoms with Crippen molar-refractivity contribution in [2.75, 3.05) is 13.6 Å². The van der Waals surface area contributed by atoms with Crippen molar-refractivity contribution in [2.45, 2.75) is 51.0 Å². The van der Waals surface area contributed by atoms with Gasteiger partial charge in [0.25, 0.3) is 0 Å². The first-order valence-corrected chi connectivity index (χ1v) is 6.00. The topological polar surface area (TPSA) is 20.3 Å². The van der Waals surface area contributed by atoms with E-state index in [0.717, 1.165) is 31.8 Å². The highest BCUT2D eigenvalue weighted by Gasteiger charge is 2.28. The van der Waals surface area contributed by atoms with Crippen LogP contribution in [0.15, 0.2) is 0 Å². The molecule has 2 aliphatic carbocycles. The maximum atomic E-state index is 11.5. The fraction of sp³-hybridized carbons (Fsp3) is 0.917. The molecule has 2 aliphatic rings. The van der Waals surface area contributed by atoms with Crippen molar-refractivity contribution in [1.82, 2.24) is 4.90 Å². The van der Waals surface area contributed by atoms with Crippen LogP contribution in [0.2, 0.25) is 0 Å². The van der Waals surface area contributed by atoms with Gasteiger partial charge >= 0.3 is 0 Å². The fourth-order valence-corrected chi connectivity index (χ4v) is 2.92. The third kappa shape index (κ3) is 2.17. The predicted molar refractivity (Wildman–Crippen MR) is 57.2 cm³/mol. The normalized spacial score (nSPS) is 29.3. The Morgan fingerprint density at radius 1 is 1.21 bits per heavy atom. The highest BCUT2D eigenvalue weighted by Crippen LogP contribution is 2.26. The second-order valence-corrected chi connectivity index (χ2v) is 4.93. The van der Waals surface area contributed by atoms with E-state index in [0.29, 0.717) is 11.7 Å². The van der Waals surface area contributed by atoms with Gasteiger partial charge in [0.2, 0.25) is 0 Å². The summed E-state index contributed by atoms with van der Waals surface area (Å²) in [6.45, 7) is 1.02. The molecule has 2 heteroatoms. The first-order chi connectivity index (χ1) is 6.77. The fourth-order valence-electron chi connectivity index (χ4n) is 2.92. The monoisotopic (exact) mass is 195 g/mol. The molecule has 0 bridgehead atoms. The Balaban J connectivity index is 1.80. The average Bonchev–Trinajstić information content (AvgIpc) is 2.77. The number of hydrogen-bond acceptors (Lipinski definition) is 2. The quantitative estimate of drug-likeness (QED) is 0.688. The summed E-state index contributed by atoms with van der Waals surface area (Å²) in [5.41, 5.74) is 0. The number of carbonyl (C=O) groups excluding carboxylic acids is 1. The van der Waals surface area contributed by atoms with E-state index >= 15 is 0 Å². The zero-order chi connectivity index (χ0) is 9.97. The first kappa shape index (κ1) is 10.2. The second kappa shape index (κ2) is 4.43. The molecule has 1 unspecified atom stereocenters. The molecule has 0 radical (unpaired) electrons. The lowest BCUT2D eigenvalue weighted by molar-refractivity contribution is -0.121. The lowest BCUT2D eigenvalue weighted by Gasteiger charge is -2.26.